The number of nitrogens with zero attached hydrogens (tertiary/aromatic N) is 1. The van der Waals surface area contributed by atoms with Gasteiger partial charge in [-0.1, -0.05) is 6.07 Å². The second-order valence-electron chi connectivity index (χ2n) is 6.39. The maximum absolute atomic E-state index is 12.9. The maximum Gasteiger partial charge on any atom is 0.223 e. The van der Waals surface area contributed by atoms with Crippen LogP contribution in [0.5, 0.6) is 5.75 Å². The van der Waals surface area contributed by atoms with Crippen molar-refractivity contribution in [3.05, 3.63) is 52.5 Å². The van der Waals surface area contributed by atoms with Crippen molar-refractivity contribution in [2.75, 3.05) is 19.8 Å². The molecule has 3 rings (SSSR count). The number of thiophene rings is 1. The number of halogens is 1. The van der Waals surface area contributed by atoms with Crippen molar-refractivity contribution in [2.45, 2.75) is 38.3 Å². The van der Waals surface area contributed by atoms with Crippen molar-refractivity contribution >= 4 is 17.2 Å². The van der Waals surface area contributed by atoms with Gasteiger partial charge in [0.15, 0.2) is 0 Å². The number of amides is 1. The van der Waals surface area contributed by atoms with Gasteiger partial charge >= 0.3 is 0 Å². The zero-order valence-corrected chi connectivity index (χ0v) is 15.6. The number of hydrogen-bond donors (Lipinski definition) is 0. The standard InChI is InChI=1S/C20H24FNO3S/c21-16-7-9-17(10-8-16)24-12-2-6-20(23)22(14-18-4-1-11-25-18)15-19-5-3-13-26-19/h3,5,7-10,13,18H,1-2,4,6,11-12,14-15H2. The Bertz CT molecular complexity index is 669. The molecule has 4 nitrogen and oxygen atoms in total. The molecular weight excluding hydrogens is 353 g/mol. The number of ether oxygens (including phenoxy) is 2. The molecule has 0 spiro atoms. The van der Waals surface area contributed by atoms with E-state index in [2.05, 4.69) is 6.07 Å². The van der Waals surface area contributed by atoms with E-state index in [4.69, 9.17) is 9.47 Å². The summed E-state index contributed by atoms with van der Waals surface area (Å²) in [5.74, 6) is 0.455. The number of hydrogen-bond acceptors (Lipinski definition) is 4. The van der Waals surface area contributed by atoms with E-state index in [1.54, 1.807) is 23.5 Å². The van der Waals surface area contributed by atoms with Gasteiger partial charge in [-0.2, -0.15) is 0 Å². The topological polar surface area (TPSA) is 38.8 Å². The van der Waals surface area contributed by atoms with Crippen LogP contribution in [0.4, 0.5) is 4.39 Å². The fraction of sp³-hybridized carbons (Fsp3) is 0.450. The fourth-order valence-corrected chi connectivity index (χ4v) is 3.70. The largest absolute Gasteiger partial charge is 0.494 e. The van der Waals surface area contributed by atoms with Crippen LogP contribution in [-0.4, -0.2) is 36.7 Å². The Morgan fingerprint density at radius 1 is 1.31 bits per heavy atom. The number of carbonyl (C=O) groups is 1. The molecule has 1 aliphatic rings. The second-order valence-corrected chi connectivity index (χ2v) is 7.43. The molecule has 2 aromatic rings. The van der Waals surface area contributed by atoms with E-state index in [1.807, 2.05) is 16.3 Å². The van der Waals surface area contributed by atoms with Gasteiger partial charge in [0.25, 0.3) is 0 Å². The molecular formula is C20H24FNO3S. The Morgan fingerprint density at radius 3 is 2.85 bits per heavy atom. The quantitative estimate of drug-likeness (QED) is 0.613. The highest BCUT2D eigenvalue weighted by molar-refractivity contribution is 7.09. The van der Waals surface area contributed by atoms with Crippen LogP contribution in [0.25, 0.3) is 0 Å². The summed E-state index contributed by atoms with van der Waals surface area (Å²) in [5.41, 5.74) is 0. The second kappa shape index (κ2) is 9.69. The summed E-state index contributed by atoms with van der Waals surface area (Å²) >= 11 is 1.66. The normalized spacial score (nSPS) is 16.6. The molecule has 6 heteroatoms. The Hall–Kier alpha value is -1.92. The maximum atomic E-state index is 12.9. The van der Waals surface area contributed by atoms with Gasteiger partial charge in [0.2, 0.25) is 5.91 Å². The lowest BCUT2D eigenvalue weighted by atomic mass is 10.2. The lowest BCUT2D eigenvalue weighted by molar-refractivity contribution is -0.133. The highest BCUT2D eigenvalue weighted by atomic mass is 32.1. The summed E-state index contributed by atoms with van der Waals surface area (Å²) in [5, 5.41) is 2.03. The summed E-state index contributed by atoms with van der Waals surface area (Å²) in [6.45, 7) is 2.51. The smallest absolute Gasteiger partial charge is 0.223 e. The Labute approximate surface area is 157 Å². The first-order valence-electron chi connectivity index (χ1n) is 9.01. The molecule has 1 amide bonds. The average molecular weight is 377 g/mol. The van der Waals surface area contributed by atoms with Crippen LogP contribution in [0.2, 0.25) is 0 Å². The van der Waals surface area contributed by atoms with Gasteiger partial charge in [0, 0.05) is 24.4 Å². The van der Waals surface area contributed by atoms with Gasteiger partial charge in [-0.25, -0.2) is 4.39 Å². The molecule has 1 aromatic heterocycles. The Morgan fingerprint density at radius 2 is 2.15 bits per heavy atom. The first-order valence-corrected chi connectivity index (χ1v) is 9.89. The molecule has 0 radical (unpaired) electrons. The summed E-state index contributed by atoms with van der Waals surface area (Å²) < 4.78 is 24.1. The molecule has 1 aromatic carbocycles. The summed E-state index contributed by atoms with van der Waals surface area (Å²) in [6, 6.07) is 9.98. The van der Waals surface area contributed by atoms with Gasteiger partial charge in [-0.3, -0.25) is 4.79 Å². The minimum Gasteiger partial charge on any atom is -0.494 e. The monoisotopic (exact) mass is 377 g/mol. The van der Waals surface area contributed by atoms with Crippen molar-refractivity contribution < 1.29 is 18.7 Å². The lowest BCUT2D eigenvalue weighted by Crippen LogP contribution is -2.36. The van der Waals surface area contributed by atoms with Crippen molar-refractivity contribution in [1.29, 1.82) is 0 Å². The van der Waals surface area contributed by atoms with E-state index < -0.39 is 0 Å². The molecule has 26 heavy (non-hydrogen) atoms. The van der Waals surface area contributed by atoms with Gasteiger partial charge in [0.05, 0.1) is 19.3 Å². The van der Waals surface area contributed by atoms with Crippen LogP contribution < -0.4 is 4.74 Å². The number of rotatable bonds is 9. The average Bonchev–Trinajstić information content (AvgIpc) is 3.33. The van der Waals surface area contributed by atoms with Crippen molar-refractivity contribution in [1.82, 2.24) is 4.90 Å². The summed E-state index contributed by atoms with van der Waals surface area (Å²) in [6.07, 6.45) is 3.29. The zero-order valence-electron chi connectivity index (χ0n) is 14.7. The van der Waals surface area contributed by atoms with Crippen LogP contribution in [0.1, 0.15) is 30.6 Å². The predicted molar refractivity (Wildman–Crippen MR) is 99.8 cm³/mol. The van der Waals surface area contributed by atoms with Crippen molar-refractivity contribution in [2.24, 2.45) is 0 Å². The van der Waals surface area contributed by atoms with Crippen LogP contribution in [-0.2, 0) is 16.1 Å². The van der Waals surface area contributed by atoms with E-state index in [9.17, 15) is 9.18 Å². The van der Waals surface area contributed by atoms with Crippen LogP contribution in [0.15, 0.2) is 41.8 Å². The molecule has 1 fully saturated rings. The summed E-state index contributed by atoms with van der Waals surface area (Å²) in [4.78, 5) is 15.8. The third kappa shape index (κ3) is 5.81. The number of carbonyl (C=O) groups excluding carboxylic acids is 1. The molecule has 0 saturated carbocycles. The van der Waals surface area contributed by atoms with Gasteiger partial charge < -0.3 is 14.4 Å². The number of benzene rings is 1. The van der Waals surface area contributed by atoms with Gasteiger partial charge in [-0.15, -0.1) is 11.3 Å². The molecule has 0 aliphatic carbocycles. The summed E-state index contributed by atoms with van der Waals surface area (Å²) in [7, 11) is 0. The Kier molecular flexibility index (Phi) is 7.03. The van der Waals surface area contributed by atoms with E-state index in [1.165, 1.54) is 17.0 Å². The van der Waals surface area contributed by atoms with Crippen LogP contribution in [0.3, 0.4) is 0 Å². The van der Waals surface area contributed by atoms with Gasteiger partial charge in [0.1, 0.15) is 11.6 Å². The highest BCUT2D eigenvalue weighted by Crippen LogP contribution is 2.18. The first kappa shape index (κ1) is 18.9. The minimum atomic E-state index is -0.286. The fourth-order valence-electron chi connectivity index (χ4n) is 2.98. The molecule has 1 aliphatic heterocycles. The highest BCUT2D eigenvalue weighted by Gasteiger charge is 2.22. The SMILES string of the molecule is O=C(CCCOc1ccc(F)cc1)N(Cc1cccs1)CC1CCCO1. The van der Waals surface area contributed by atoms with Crippen LogP contribution in [0, 0.1) is 5.82 Å². The Balaban J connectivity index is 1.46. The predicted octanol–water partition coefficient (Wildman–Crippen LogP) is 4.25. The molecule has 1 saturated heterocycles. The third-order valence-corrected chi connectivity index (χ3v) is 5.21. The van der Waals surface area contributed by atoms with E-state index in [0.29, 0.717) is 38.3 Å². The van der Waals surface area contributed by atoms with E-state index in [-0.39, 0.29) is 17.8 Å². The zero-order chi connectivity index (χ0) is 18.2. The molecule has 1 atom stereocenters. The molecule has 2 heterocycles. The lowest BCUT2D eigenvalue weighted by Gasteiger charge is -2.25. The van der Waals surface area contributed by atoms with Crippen LogP contribution >= 0.6 is 11.3 Å². The van der Waals surface area contributed by atoms with Gasteiger partial charge in [-0.05, 0) is 55.0 Å². The van der Waals surface area contributed by atoms with Crippen molar-refractivity contribution in [3.8, 4) is 5.75 Å². The third-order valence-electron chi connectivity index (χ3n) is 4.34. The first-order chi connectivity index (χ1) is 12.7. The van der Waals surface area contributed by atoms with E-state index >= 15 is 0 Å². The van der Waals surface area contributed by atoms with E-state index in [0.717, 1.165) is 19.4 Å². The minimum absolute atomic E-state index is 0.122. The molecule has 1 unspecified atom stereocenters. The molecule has 0 N–H and O–H groups in total. The molecule has 0 bridgehead atoms. The molecule has 140 valence electrons. The van der Waals surface area contributed by atoms with Crippen molar-refractivity contribution in [3.63, 3.8) is 0 Å².